The Balaban J connectivity index is 2.33. The summed E-state index contributed by atoms with van der Waals surface area (Å²) in [5.41, 5.74) is -0.789. The van der Waals surface area contributed by atoms with Crippen molar-refractivity contribution in [2.75, 3.05) is 5.32 Å². The van der Waals surface area contributed by atoms with Crippen molar-refractivity contribution in [2.45, 2.75) is 9.79 Å². The van der Waals surface area contributed by atoms with Gasteiger partial charge >= 0.3 is 5.69 Å². The Hall–Kier alpha value is -2.54. The Morgan fingerprint density at radius 1 is 1.05 bits per heavy atom. The van der Waals surface area contributed by atoms with E-state index in [0.29, 0.717) is 10.6 Å². The summed E-state index contributed by atoms with van der Waals surface area (Å²) in [7, 11) is -1.54. The third-order valence-electron chi connectivity index (χ3n) is 2.95. The number of rotatable bonds is 1. The van der Waals surface area contributed by atoms with E-state index >= 15 is 0 Å². The summed E-state index contributed by atoms with van der Waals surface area (Å²) in [5, 5.41) is 13.7. The van der Waals surface area contributed by atoms with Crippen molar-refractivity contribution in [1.82, 2.24) is 0 Å². The monoisotopic (exact) mass is 288 g/mol. The molecule has 1 unspecified atom stereocenters. The molecular weight excluding hydrogens is 280 g/mol. The van der Waals surface area contributed by atoms with Crippen LogP contribution in [0, 0.1) is 10.1 Å². The van der Waals surface area contributed by atoms with Gasteiger partial charge in [0.1, 0.15) is 5.69 Å². The van der Waals surface area contributed by atoms with Crippen LogP contribution in [0.25, 0.3) is 0 Å². The fraction of sp³-hybridized carbons (Fsp3) is 0. The molecule has 0 fully saturated rings. The average Bonchev–Trinajstić information content (AvgIpc) is 2.60. The molecule has 0 saturated carbocycles. The van der Waals surface area contributed by atoms with Crippen LogP contribution in [-0.4, -0.2) is 9.13 Å². The van der Waals surface area contributed by atoms with Crippen molar-refractivity contribution in [3.8, 4) is 0 Å². The number of nitrogens with zero attached hydrogens (tertiary/aromatic N) is 1. The van der Waals surface area contributed by atoms with Crippen LogP contribution < -0.4 is 10.7 Å². The lowest BCUT2D eigenvalue weighted by atomic mass is 10.3. The molecule has 1 heterocycles. The molecule has 7 heteroatoms. The van der Waals surface area contributed by atoms with E-state index in [2.05, 4.69) is 5.32 Å². The highest BCUT2D eigenvalue weighted by molar-refractivity contribution is 7.85. The number of hydrogen-bond donors (Lipinski definition) is 1. The number of fused-ring (bicyclic) bond motifs is 2. The number of para-hydroxylation sites is 1. The molecule has 0 saturated heterocycles. The Kier molecular flexibility index (Phi) is 2.83. The Morgan fingerprint density at radius 3 is 2.50 bits per heavy atom. The second kappa shape index (κ2) is 4.53. The van der Waals surface area contributed by atoms with Crippen LogP contribution >= 0.6 is 0 Å². The minimum absolute atomic E-state index is 0.00117. The molecule has 0 aromatic heterocycles. The Labute approximate surface area is 115 Å². The normalized spacial score (nSPS) is 15.7. The molecule has 0 aliphatic carbocycles. The first-order valence-electron chi connectivity index (χ1n) is 5.69. The zero-order valence-electron chi connectivity index (χ0n) is 10.0. The van der Waals surface area contributed by atoms with Crippen LogP contribution in [0.3, 0.4) is 0 Å². The summed E-state index contributed by atoms with van der Waals surface area (Å²) in [6.45, 7) is 0. The lowest BCUT2D eigenvalue weighted by Crippen LogP contribution is -2.16. The van der Waals surface area contributed by atoms with Gasteiger partial charge in [-0.25, -0.2) is 4.21 Å². The van der Waals surface area contributed by atoms with E-state index in [1.54, 1.807) is 24.3 Å². The molecule has 3 rings (SSSR count). The quantitative estimate of drug-likeness (QED) is 0.547. The van der Waals surface area contributed by atoms with Gasteiger partial charge in [0.15, 0.2) is 0 Å². The fourth-order valence-electron chi connectivity index (χ4n) is 2.03. The summed E-state index contributed by atoms with van der Waals surface area (Å²) in [6.07, 6.45) is 0. The molecule has 0 spiro atoms. The number of anilines is 2. The summed E-state index contributed by atoms with van der Waals surface area (Å²) < 4.78 is 12.4. The Morgan fingerprint density at radius 2 is 1.75 bits per heavy atom. The predicted molar refractivity (Wildman–Crippen MR) is 73.8 cm³/mol. The first-order valence-corrected chi connectivity index (χ1v) is 6.84. The lowest BCUT2D eigenvalue weighted by molar-refractivity contribution is -0.385. The van der Waals surface area contributed by atoms with Crippen molar-refractivity contribution >= 4 is 27.9 Å². The molecular formula is C13H8N2O4S. The van der Waals surface area contributed by atoms with Gasteiger partial charge in [-0.1, -0.05) is 18.2 Å². The highest BCUT2D eigenvalue weighted by atomic mass is 32.2. The first-order chi connectivity index (χ1) is 9.59. The second-order valence-corrected chi connectivity index (χ2v) is 5.54. The van der Waals surface area contributed by atoms with Gasteiger partial charge < -0.3 is 5.32 Å². The molecule has 2 aromatic carbocycles. The molecule has 1 atom stereocenters. The largest absolute Gasteiger partial charge is 0.350 e. The third-order valence-corrected chi connectivity index (χ3v) is 4.45. The maximum atomic E-state index is 12.4. The van der Waals surface area contributed by atoms with Crippen LogP contribution in [0.15, 0.2) is 57.1 Å². The van der Waals surface area contributed by atoms with Gasteiger partial charge in [-0.05, 0) is 18.2 Å². The maximum Gasteiger partial charge on any atom is 0.318 e. The summed E-state index contributed by atoms with van der Waals surface area (Å²) >= 11 is 0. The highest BCUT2D eigenvalue weighted by Crippen LogP contribution is 2.34. The lowest BCUT2D eigenvalue weighted by Gasteiger charge is -2.18. The molecule has 6 nitrogen and oxygen atoms in total. The van der Waals surface area contributed by atoms with Crippen LogP contribution in [0.2, 0.25) is 0 Å². The zero-order valence-corrected chi connectivity index (χ0v) is 10.8. The zero-order chi connectivity index (χ0) is 14.3. The molecule has 2 aromatic rings. The predicted octanol–water partition coefficient (Wildman–Crippen LogP) is 2.18. The summed E-state index contributed by atoms with van der Waals surface area (Å²) in [5.74, 6) is 0. The molecule has 20 heavy (non-hydrogen) atoms. The van der Waals surface area contributed by atoms with Crippen molar-refractivity contribution in [2.24, 2.45) is 0 Å². The maximum absolute atomic E-state index is 12.4. The second-order valence-electron chi connectivity index (χ2n) is 4.13. The molecule has 0 amide bonds. The van der Waals surface area contributed by atoms with E-state index in [1.807, 2.05) is 0 Å². The van der Waals surface area contributed by atoms with E-state index in [0.717, 1.165) is 6.07 Å². The van der Waals surface area contributed by atoms with E-state index < -0.39 is 26.8 Å². The van der Waals surface area contributed by atoms with Crippen LogP contribution in [0.5, 0.6) is 0 Å². The van der Waals surface area contributed by atoms with Crippen molar-refractivity contribution in [3.05, 3.63) is 62.8 Å². The van der Waals surface area contributed by atoms with E-state index in [1.165, 1.54) is 12.1 Å². The van der Waals surface area contributed by atoms with Gasteiger partial charge in [0.25, 0.3) is 5.43 Å². The number of benzene rings is 1. The minimum atomic E-state index is -1.54. The van der Waals surface area contributed by atoms with Crippen molar-refractivity contribution < 1.29 is 9.13 Å². The molecule has 0 bridgehead atoms. The average molecular weight is 288 g/mol. The number of hydrogen-bond acceptors (Lipinski definition) is 5. The highest BCUT2D eigenvalue weighted by Gasteiger charge is 2.26. The van der Waals surface area contributed by atoms with E-state index in [9.17, 15) is 19.1 Å². The smallest absolute Gasteiger partial charge is 0.318 e. The van der Waals surface area contributed by atoms with E-state index in [4.69, 9.17) is 0 Å². The van der Waals surface area contributed by atoms with Crippen molar-refractivity contribution in [3.63, 3.8) is 0 Å². The molecule has 1 aliphatic heterocycles. The van der Waals surface area contributed by atoms with Gasteiger partial charge in [0.05, 0.1) is 31.2 Å². The Bertz CT molecular complexity index is 820. The molecule has 100 valence electrons. The van der Waals surface area contributed by atoms with Gasteiger partial charge in [-0.15, -0.1) is 0 Å². The van der Waals surface area contributed by atoms with Crippen LogP contribution in [0.4, 0.5) is 17.1 Å². The van der Waals surface area contributed by atoms with Crippen molar-refractivity contribution in [1.29, 1.82) is 0 Å². The number of nitro groups is 1. The summed E-state index contributed by atoms with van der Waals surface area (Å²) in [6, 6.07) is 10.8. The van der Waals surface area contributed by atoms with Crippen LogP contribution in [-0.2, 0) is 10.8 Å². The molecule has 1 N–H and O–H groups in total. The van der Waals surface area contributed by atoms with Gasteiger partial charge in [0.2, 0.25) is 0 Å². The fourth-order valence-corrected chi connectivity index (χ4v) is 3.32. The summed E-state index contributed by atoms with van der Waals surface area (Å²) in [4.78, 5) is 23.1. The molecule has 0 radical (unpaired) electrons. The number of nitrogens with one attached hydrogen (secondary N) is 1. The SMILES string of the molecule is O=c1c([N+](=O)[O-])cccc2c1Nc1ccccc1S2=O. The topological polar surface area (TPSA) is 89.3 Å². The van der Waals surface area contributed by atoms with Gasteiger partial charge in [0, 0.05) is 6.07 Å². The van der Waals surface area contributed by atoms with Crippen LogP contribution in [0.1, 0.15) is 0 Å². The third kappa shape index (κ3) is 1.79. The van der Waals surface area contributed by atoms with Gasteiger partial charge in [-0.3, -0.25) is 14.9 Å². The first kappa shape index (κ1) is 12.5. The standard InChI is InChI=1S/C13H8N2O4S/c16-13-9(15(17)18)5-3-7-11-12(13)14-8-4-1-2-6-10(8)20(11)19/h1-7,14H. The minimum Gasteiger partial charge on any atom is -0.350 e. The molecule has 1 aliphatic rings. The van der Waals surface area contributed by atoms with E-state index in [-0.39, 0.29) is 10.6 Å². The van der Waals surface area contributed by atoms with Gasteiger partial charge in [-0.2, -0.15) is 0 Å².